The number of halogens is 1. The van der Waals surface area contributed by atoms with Gasteiger partial charge >= 0.3 is 0 Å². The molecular weight excluding hydrogens is 206 g/mol. The second-order valence-corrected chi connectivity index (χ2v) is 3.17. The predicted molar refractivity (Wildman–Crippen MR) is 47.1 cm³/mol. The molecule has 0 aromatic heterocycles. The molecule has 0 aliphatic heterocycles. The highest BCUT2D eigenvalue weighted by molar-refractivity contribution is 5.40. The van der Waals surface area contributed by atoms with Crippen LogP contribution in [0, 0.1) is 0 Å². The van der Waals surface area contributed by atoms with Crippen LogP contribution in [0.4, 0.5) is 0 Å². The first-order chi connectivity index (χ1) is 6.02. The molecule has 0 amide bonds. The molecule has 0 fully saturated rings. The van der Waals surface area contributed by atoms with Crippen LogP contribution >= 0.6 is 0 Å². The minimum absolute atomic E-state index is 0. The van der Waals surface area contributed by atoms with E-state index in [1.807, 2.05) is 0 Å². The van der Waals surface area contributed by atoms with Crippen molar-refractivity contribution in [3.05, 3.63) is 23.8 Å². The monoisotopic (exact) mass is 219 g/mol. The minimum Gasteiger partial charge on any atom is -1.00 e. The molecule has 5 heteroatoms. The van der Waals surface area contributed by atoms with Gasteiger partial charge in [-0.15, -0.1) is 0 Å². The van der Waals surface area contributed by atoms with E-state index >= 15 is 0 Å². The summed E-state index contributed by atoms with van der Waals surface area (Å²) in [5, 5.41) is 27.9. The zero-order valence-corrected chi connectivity index (χ0v) is 8.57. The first kappa shape index (κ1) is 13.0. The summed E-state index contributed by atoms with van der Waals surface area (Å²) in [4.78, 5) is 0. The molecule has 0 saturated heterocycles. The van der Waals surface area contributed by atoms with E-state index in [0.29, 0.717) is 5.56 Å². The fourth-order valence-corrected chi connectivity index (χ4v) is 1.09. The van der Waals surface area contributed by atoms with Gasteiger partial charge in [0.05, 0.1) is 0 Å². The average molecular weight is 220 g/mol. The van der Waals surface area contributed by atoms with E-state index < -0.39 is 6.10 Å². The number of quaternary nitrogens is 1. The van der Waals surface area contributed by atoms with Crippen LogP contribution in [0.15, 0.2) is 18.2 Å². The van der Waals surface area contributed by atoms with Crippen LogP contribution in [0.25, 0.3) is 0 Å². The molecule has 0 aliphatic rings. The summed E-state index contributed by atoms with van der Waals surface area (Å²) in [6, 6.07) is 3.88. The summed E-state index contributed by atoms with van der Waals surface area (Å²) in [7, 11) is 0. The smallest absolute Gasteiger partial charge is 0.134 e. The van der Waals surface area contributed by atoms with Gasteiger partial charge in [0.25, 0.3) is 0 Å². The van der Waals surface area contributed by atoms with Crippen LogP contribution in [0.1, 0.15) is 18.6 Å². The number of aromatic hydroxyl groups is 2. The highest BCUT2D eigenvalue weighted by atomic mass is 35.5. The van der Waals surface area contributed by atoms with Crippen molar-refractivity contribution in [1.82, 2.24) is 0 Å². The average Bonchev–Trinajstić information content (AvgIpc) is 2.03. The van der Waals surface area contributed by atoms with Gasteiger partial charge in [0.2, 0.25) is 0 Å². The van der Waals surface area contributed by atoms with E-state index in [-0.39, 0.29) is 29.9 Å². The first-order valence-corrected chi connectivity index (χ1v) is 4.05. The standard InChI is InChI=1S/C9H13NO3.ClH/c1-5(10)9(13)7-3-2-6(11)4-8(7)12;/h2-5,9,11-13H,10H2,1H3;1H. The van der Waals surface area contributed by atoms with Gasteiger partial charge in [-0.25, -0.2) is 0 Å². The SMILES string of the molecule is CC([NH3+])C(O)c1ccc(O)cc1O.[Cl-]. The van der Waals surface area contributed by atoms with Crippen molar-refractivity contribution in [3.63, 3.8) is 0 Å². The number of benzene rings is 1. The number of hydrogen-bond acceptors (Lipinski definition) is 3. The predicted octanol–water partition coefficient (Wildman–Crippen LogP) is -3.23. The lowest BCUT2D eigenvalue weighted by Crippen LogP contribution is -3.00. The van der Waals surface area contributed by atoms with Crippen molar-refractivity contribution in [3.8, 4) is 11.5 Å². The molecule has 1 aromatic rings. The van der Waals surface area contributed by atoms with Crippen molar-refractivity contribution in [2.24, 2.45) is 0 Å². The summed E-state index contributed by atoms with van der Waals surface area (Å²) in [6.45, 7) is 1.75. The molecule has 4 nitrogen and oxygen atoms in total. The number of aliphatic hydroxyl groups excluding tert-OH is 1. The summed E-state index contributed by atoms with van der Waals surface area (Å²) in [5.41, 5.74) is 4.04. The maximum absolute atomic E-state index is 9.57. The fourth-order valence-electron chi connectivity index (χ4n) is 1.09. The number of hydrogen-bond donors (Lipinski definition) is 4. The largest absolute Gasteiger partial charge is 1.00 e. The molecule has 14 heavy (non-hydrogen) atoms. The number of phenols is 2. The van der Waals surface area contributed by atoms with Crippen molar-refractivity contribution in [1.29, 1.82) is 0 Å². The quantitative estimate of drug-likeness (QED) is 0.422. The Balaban J connectivity index is 0.00000169. The van der Waals surface area contributed by atoms with Gasteiger partial charge < -0.3 is 33.5 Å². The van der Waals surface area contributed by atoms with Gasteiger partial charge in [-0.2, -0.15) is 0 Å². The van der Waals surface area contributed by atoms with E-state index in [0.717, 1.165) is 0 Å². The molecule has 0 saturated carbocycles. The molecule has 2 unspecified atom stereocenters. The molecule has 0 radical (unpaired) electrons. The maximum atomic E-state index is 9.57. The summed E-state index contributed by atoms with van der Waals surface area (Å²) < 4.78 is 0. The maximum Gasteiger partial charge on any atom is 0.134 e. The lowest BCUT2D eigenvalue weighted by molar-refractivity contribution is -0.433. The summed E-state index contributed by atoms with van der Waals surface area (Å²) >= 11 is 0. The van der Waals surface area contributed by atoms with Crippen molar-refractivity contribution in [2.45, 2.75) is 19.1 Å². The Morgan fingerprint density at radius 1 is 1.29 bits per heavy atom. The number of rotatable bonds is 2. The Kier molecular flexibility index (Phi) is 4.70. The second-order valence-electron chi connectivity index (χ2n) is 3.17. The highest BCUT2D eigenvalue weighted by Crippen LogP contribution is 2.28. The summed E-state index contributed by atoms with van der Waals surface area (Å²) in [6.07, 6.45) is -0.805. The lowest BCUT2D eigenvalue weighted by Gasteiger charge is -2.13. The zero-order chi connectivity index (χ0) is 10.0. The molecule has 2 atom stereocenters. The Bertz CT molecular complexity index is 304. The highest BCUT2D eigenvalue weighted by Gasteiger charge is 2.18. The van der Waals surface area contributed by atoms with Crippen molar-refractivity contribution >= 4 is 0 Å². The molecule has 1 rings (SSSR count). The lowest BCUT2D eigenvalue weighted by atomic mass is 10.0. The van der Waals surface area contributed by atoms with E-state index in [1.54, 1.807) is 6.92 Å². The molecule has 0 aliphatic carbocycles. The third-order valence-electron chi connectivity index (χ3n) is 1.87. The fraction of sp³-hybridized carbons (Fsp3) is 0.333. The molecule has 0 heterocycles. The van der Waals surface area contributed by atoms with Crippen LogP contribution in [0.3, 0.4) is 0 Å². The van der Waals surface area contributed by atoms with Crippen LogP contribution in [-0.4, -0.2) is 21.4 Å². The van der Waals surface area contributed by atoms with Gasteiger partial charge in [0.15, 0.2) is 0 Å². The molecule has 80 valence electrons. The van der Waals surface area contributed by atoms with E-state index in [9.17, 15) is 10.2 Å². The minimum atomic E-state index is -0.805. The van der Waals surface area contributed by atoms with Crippen molar-refractivity contribution < 1.29 is 33.5 Å². The van der Waals surface area contributed by atoms with Crippen LogP contribution in [0.5, 0.6) is 11.5 Å². The van der Waals surface area contributed by atoms with Crippen LogP contribution in [-0.2, 0) is 0 Å². The number of aliphatic hydroxyl groups is 1. The normalized spacial score (nSPS) is 14.2. The molecule has 0 bridgehead atoms. The van der Waals surface area contributed by atoms with Gasteiger partial charge in [0, 0.05) is 11.6 Å². The first-order valence-electron chi connectivity index (χ1n) is 4.05. The van der Waals surface area contributed by atoms with E-state index in [1.165, 1.54) is 18.2 Å². The Morgan fingerprint density at radius 2 is 1.86 bits per heavy atom. The third kappa shape index (κ3) is 2.77. The van der Waals surface area contributed by atoms with Gasteiger partial charge in [-0.05, 0) is 19.1 Å². The van der Waals surface area contributed by atoms with E-state index in [2.05, 4.69) is 5.73 Å². The van der Waals surface area contributed by atoms with Gasteiger partial charge in [-0.1, -0.05) is 0 Å². The Morgan fingerprint density at radius 3 is 2.29 bits per heavy atom. The Hall–Kier alpha value is -0.970. The van der Waals surface area contributed by atoms with Crippen LogP contribution in [0.2, 0.25) is 0 Å². The number of phenolic OH excluding ortho intramolecular Hbond substituents is 2. The molecule has 1 aromatic carbocycles. The Labute approximate surface area is 88.4 Å². The molecule has 0 spiro atoms. The zero-order valence-electron chi connectivity index (χ0n) is 7.81. The topological polar surface area (TPSA) is 88.3 Å². The molecule has 6 N–H and O–H groups in total. The van der Waals surface area contributed by atoms with Gasteiger partial charge in [0.1, 0.15) is 23.6 Å². The molecular formula is C9H14ClNO3. The van der Waals surface area contributed by atoms with E-state index in [4.69, 9.17) is 5.11 Å². The van der Waals surface area contributed by atoms with Crippen molar-refractivity contribution in [2.75, 3.05) is 0 Å². The second kappa shape index (κ2) is 5.05. The van der Waals surface area contributed by atoms with Gasteiger partial charge in [-0.3, -0.25) is 0 Å². The summed E-state index contributed by atoms with van der Waals surface area (Å²) in [5.74, 6) is -0.131. The third-order valence-corrected chi connectivity index (χ3v) is 1.87. The van der Waals surface area contributed by atoms with Crippen LogP contribution < -0.4 is 18.1 Å².